The number of ether oxygens (including phenoxy) is 1. The molecule has 0 radical (unpaired) electrons. The second-order valence-corrected chi connectivity index (χ2v) is 7.58. The van der Waals surface area contributed by atoms with Crippen LogP contribution < -0.4 is 4.90 Å². The molecule has 0 N–H and O–H groups in total. The molecule has 130 valence electrons. The quantitative estimate of drug-likeness (QED) is 0.780. The van der Waals surface area contributed by atoms with Crippen LogP contribution in [0.3, 0.4) is 0 Å². The van der Waals surface area contributed by atoms with E-state index < -0.39 is 5.60 Å². The van der Waals surface area contributed by atoms with Gasteiger partial charge in [-0.1, -0.05) is 17.7 Å². The van der Waals surface area contributed by atoms with Crippen LogP contribution in [0.15, 0.2) is 24.3 Å². The van der Waals surface area contributed by atoms with E-state index in [4.69, 9.17) is 16.3 Å². The first kappa shape index (κ1) is 16.9. The molecule has 2 saturated heterocycles. The van der Waals surface area contributed by atoms with Gasteiger partial charge in [0.05, 0.1) is 6.04 Å². The van der Waals surface area contributed by atoms with Crippen molar-refractivity contribution in [2.45, 2.75) is 32.4 Å². The lowest BCUT2D eigenvalue weighted by Gasteiger charge is -2.36. The maximum Gasteiger partial charge on any atom is 0.410 e. The standard InChI is InChI=1S/C17H22ClN3O3/c1-17(2,3)24-16(23)19-7-8-20-14(10-19)11-21(15(20)22)13-6-4-5-12(18)9-13/h4-6,9,14H,7-8,10-11H2,1-3H3. The van der Waals surface area contributed by atoms with Gasteiger partial charge < -0.3 is 14.5 Å². The van der Waals surface area contributed by atoms with Crippen LogP contribution in [0.25, 0.3) is 0 Å². The van der Waals surface area contributed by atoms with Crippen LogP contribution in [-0.4, -0.2) is 59.7 Å². The van der Waals surface area contributed by atoms with Crippen molar-refractivity contribution in [2.24, 2.45) is 0 Å². The first-order valence-electron chi connectivity index (χ1n) is 8.06. The van der Waals surface area contributed by atoms with Gasteiger partial charge in [0.1, 0.15) is 5.60 Å². The maximum atomic E-state index is 12.6. The lowest BCUT2D eigenvalue weighted by atomic mass is 10.2. The number of piperazine rings is 1. The molecule has 24 heavy (non-hydrogen) atoms. The van der Waals surface area contributed by atoms with Crippen molar-refractivity contribution < 1.29 is 14.3 Å². The van der Waals surface area contributed by atoms with Gasteiger partial charge in [-0.25, -0.2) is 9.59 Å². The Bertz CT molecular complexity index is 659. The fourth-order valence-electron chi connectivity index (χ4n) is 3.06. The zero-order chi connectivity index (χ0) is 17.5. The van der Waals surface area contributed by atoms with Crippen LogP contribution in [0.4, 0.5) is 15.3 Å². The molecular weight excluding hydrogens is 330 g/mol. The van der Waals surface area contributed by atoms with Gasteiger partial charge >= 0.3 is 12.1 Å². The first-order valence-corrected chi connectivity index (χ1v) is 8.44. The van der Waals surface area contributed by atoms with Crippen molar-refractivity contribution in [3.05, 3.63) is 29.3 Å². The predicted molar refractivity (Wildman–Crippen MR) is 92.5 cm³/mol. The van der Waals surface area contributed by atoms with E-state index in [0.29, 0.717) is 31.2 Å². The number of halogens is 1. The molecule has 3 amide bonds. The fraction of sp³-hybridized carbons (Fsp3) is 0.529. The molecule has 1 unspecified atom stereocenters. The van der Waals surface area contributed by atoms with E-state index in [0.717, 1.165) is 5.69 Å². The Balaban J connectivity index is 1.70. The summed E-state index contributed by atoms with van der Waals surface area (Å²) in [7, 11) is 0. The third-order valence-electron chi connectivity index (χ3n) is 4.12. The van der Waals surface area contributed by atoms with Crippen molar-refractivity contribution in [2.75, 3.05) is 31.1 Å². The average Bonchev–Trinajstić information content (AvgIpc) is 2.82. The van der Waals surface area contributed by atoms with Crippen LogP contribution in [0.2, 0.25) is 5.02 Å². The molecule has 1 atom stereocenters. The molecule has 3 rings (SSSR count). The fourth-order valence-corrected chi connectivity index (χ4v) is 3.24. The average molecular weight is 352 g/mol. The van der Waals surface area contributed by atoms with Crippen LogP contribution in [0, 0.1) is 0 Å². The van der Waals surface area contributed by atoms with E-state index in [-0.39, 0.29) is 18.2 Å². The van der Waals surface area contributed by atoms with Crippen LogP contribution >= 0.6 is 11.6 Å². The second-order valence-electron chi connectivity index (χ2n) is 7.15. The molecule has 2 aliphatic rings. The van der Waals surface area contributed by atoms with E-state index in [9.17, 15) is 9.59 Å². The van der Waals surface area contributed by atoms with Gasteiger partial charge in [-0.3, -0.25) is 4.90 Å². The minimum atomic E-state index is -0.521. The van der Waals surface area contributed by atoms with Crippen molar-refractivity contribution in [3.8, 4) is 0 Å². The van der Waals surface area contributed by atoms with E-state index in [1.807, 2.05) is 37.8 Å². The van der Waals surface area contributed by atoms with E-state index in [2.05, 4.69) is 0 Å². The molecule has 2 fully saturated rings. The number of benzene rings is 1. The number of hydrogen-bond acceptors (Lipinski definition) is 3. The van der Waals surface area contributed by atoms with Crippen molar-refractivity contribution in [1.82, 2.24) is 9.80 Å². The first-order chi connectivity index (χ1) is 11.2. The van der Waals surface area contributed by atoms with Gasteiger partial charge in [0.2, 0.25) is 0 Å². The van der Waals surface area contributed by atoms with Crippen molar-refractivity contribution in [3.63, 3.8) is 0 Å². The summed E-state index contributed by atoms with van der Waals surface area (Å²) in [5.74, 6) is 0. The van der Waals surface area contributed by atoms with Gasteiger partial charge in [-0.05, 0) is 39.0 Å². The summed E-state index contributed by atoms with van der Waals surface area (Å²) in [6, 6.07) is 7.19. The number of hydrogen-bond donors (Lipinski definition) is 0. The zero-order valence-electron chi connectivity index (χ0n) is 14.2. The van der Waals surface area contributed by atoms with Crippen molar-refractivity contribution >= 4 is 29.4 Å². The molecule has 0 bridgehead atoms. The predicted octanol–water partition coefficient (Wildman–Crippen LogP) is 3.20. The number of carbonyl (C=O) groups is 2. The monoisotopic (exact) mass is 351 g/mol. The molecular formula is C17H22ClN3O3. The topological polar surface area (TPSA) is 53.1 Å². The largest absolute Gasteiger partial charge is 0.444 e. The molecule has 2 heterocycles. The van der Waals surface area contributed by atoms with E-state index >= 15 is 0 Å². The van der Waals surface area contributed by atoms with Crippen molar-refractivity contribution in [1.29, 1.82) is 0 Å². The Morgan fingerprint density at radius 3 is 2.67 bits per heavy atom. The molecule has 1 aromatic carbocycles. The Hall–Kier alpha value is -1.95. The minimum Gasteiger partial charge on any atom is -0.444 e. The maximum absolute atomic E-state index is 12.6. The summed E-state index contributed by atoms with van der Waals surface area (Å²) >= 11 is 6.03. The third-order valence-corrected chi connectivity index (χ3v) is 4.36. The molecule has 2 aliphatic heterocycles. The Labute approximate surface area is 146 Å². The SMILES string of the molecule is CC(C)(C)OC(=O)N1CCN2C(=O)N(c3cccc(Cl)c3)CC2C1. The Morgan fingerprint density at radius 1 is 1.25 bits per heavy atom. The van der Waals surface area contributed by atoms with Gasteiger partial charge in [0.25, 0.3) is 0 Å². The summed E-state index contributed by atoms with van der Waals surface area (Å²) in [5, 5.41) is 0.598. The summed E-state index contributed by atoms with van der Waals surface area (Å²) < 4.78 is 5.43. The number of fused-ring (bicyclic) bond motifs is 1. The zero-order valence-corrected chi connectivity index (χ0v) is 14.9. The lowest BCUT2D eigenvalue weighted by Crippen LogP contribution is -2.54. The number of carbonyl (C=O) groups excluding carboxylic acids is 2. The highest BCUT2D eigenvalue weighted by Gasteiger charge is 2.42. The summed E-state index contributed by atoms with van der Waals surface area (Å²) in [5.41, 5.74) is 0.262. The summed E-state index contributed by atoms with van der Waals surface area (Å²) in [4.78, 5) is 30.1. The third kappa shape index (κ3) is 3.43. The number of rotatable bonds is 1. The molecule has 7 heteroatoms. The van der Waals surface area contributed by atoms with E-state index in [1.54, 1.807) is 21.9 Å². The van der Waals surface area contributed by atoms with E-state index in [1.165, 1.54) is 0 Å². The summed E-state index contributed by atoms with van der Waals surface area (Å²) in [6.45, 7) is 7.57. The highest BCUT2D eigenvalue weighted by Crippen LogP contribution is 2.28. The van der Waals surface area contributed by atoms with Crippen LogP contribution in [0.1, 0.15) is 20.8 Å². The Kier molecular flexibility index (Phi) is 4.34. The summed E-state index contributed by atoms with van der Waals surface area (Å²) in [6.07, 6.45) is -0.323. The molecule has 6 nitrogen and oxygen atoms in total. The highest BCUT2D eigenvalue weighted by atomic mass is 35.5. The molecule has 0 spiro atoms. The molecule has 0 aromatic heterocycles. The number of nitrogens with zero attached hydrogens (tertiary/aromatic N) is 3. The number of urea groups is 1. The second kappa shape index (κ2) is 6.16. The number of anilines is 1. The molecule has 0 aliphatic carbocycles. The van der Waals surface area contributed by atoms with Gasteiger partial charge in [0.15, 0.2) is 0 Å². The van der Waals surface area contributed by atoms with Crippen LogP contribution in [0.5, 0.6) is 0 Å². The molecule has 1 aromatic rings. The lowest BCUT2D eigenvalue weighted by molar-refractivity contribution is 0.0128. The number of amides is 3. The Morgan fingerprint density at radius 2 is 2.00 bits per heavy atom. The van der Waals surface area contributed by atoms with Gasteiger partial charge in [-0.2, -0.15) is 0 Å². The molecule has 0 saturated carbocycles. The van der Waals surface area contributed by atoms with Crippen LogP contribution in [-0.2, 0) is 4.74 Å². The minimum absolute atomic E-state index is 0.0299. The highest BCUT2D eigenvalue weighted by molar-refractivity contribution is 6.30. The van der Waals surface area contributed by atoms with Gasteiger partial charge in [-0.15, -0.1) is 0 Å². The smallest absolute Gasteiger partial charge is 0.410 e. The van der Waals surface area contributed by atoms with Gasteiger partial charge in [0, 0.05) is 36.9 Å². The normalized spacial score (nSPS) is 21.1.